The summed E-state index contributed by atoms with van der Waals surface area (Å²) in [5, 5.41) is 10.4. The lowest BCUT2D eigenvalue weighted by molar-refractivity contribution is -0.274. The van der Waals surface area contributed by atoms with E-state index in [0.717, 1.165) is 12.1 Å². The molecule has 37 heavy (non-hydrogen) atoms. The maximum Gasteiger partial charge on any atom is 0.573 e. The van der Waals surface area contributed by atoms with E-state index in [1.54, 1.807) is 18.2 Å². The number of alkyl halides is 3. The number of ether oxygens (including phenoxy) is 1. The second-order valence-corrected chi connectivity index (χ2v) is 8.51. The molecule has 1 aliphatic heterocycles. The van der Waals surface area contributed by atoms with Crippen LogP contribution in [0.1, 0.15) is 11.1 Å². The summed E-state index contributed by atoms with van der Waals surface area (Å²) in [6.45, 7) is 0. The van der Waals surface area contributed by atoms with Crippen molar-refractivity contribution < 1.29 is 22.3 Å². The van der Waals surface area contributed by atoms with Crippen LogP contribution in [0.4, 0.5) is 23.2 Å². The van der Waals surface area contributed by atoms with Gasteiger partial charge in [0, 0.05) is 6.08 Å². The Bertz CT molecular complexity index is 1360. The van der Waals surface area contributed by atoms with Crippen LogP contribution in [0.3, 0.4) is 0 Å². The molecule has 0 amide bonds. The van der Waals surface area contributed by atoms with E-state index in [2.05, 4.69) is 31.2 Å². The fourth-order valence-electron chi connectivity index (χ4n) is 3.04. The molecular weight excluding hydrogens is 559 g/mol. The molecule has 1 aliphatic rings. The zero-order chi connectivity index (χ0) is 26.6. The Hall–Kier alpha value is -3.67. The molecule has 0 saturated heterocycles. The van der Waals surface area contributed by atoms with Crippen molar-refractivity contribution in [1.82, 2.24) is 16.1 Å². The van der Waals surface area contributed by atoms with Crippen LogP contribution in [0.15, 0.2) is 82.8 Å². The first-order valence-electron chi connectivity index (χ1n) is 10.3. The summed E-state index contributed by atoms with van der Waals surface area (Å²) >= 11 is 18.3. The minimum absolute atomic E-state index is 0.0511. The smallest absolute Gasteiger partial charge is 0.406 e. The first kappa shape index (κ1) is 26.4. The maximum absolute atomic E-state index is 14.6. The van der Waals surface area contributed by atoms with Gasteiger partial charge in [-0.1, -0.05) is 40.9 Å². The Balaban J connectivity index is 1.54. The van der Waals surface area contributed by atoms with Crippen LogP contribution in [-0.2, 0) is 0 Å². The number of halogens is 7. The van der Waals surface area contributed by atoms with Crippen molar-refractivity contribution in [3.05, 3.63) is 105 Å². The predicted octanol–water partition coefficient (Wildman–Crippen LogP) is 6.70. The number of benzene rings is 3. The standard InChI is InChI=1S/C23H15Cl3F4N6O/c24-16-9-6-14(10-18(16)26)33-36-34-20(22-17(25)2-1-3-19(22)27)11-21(35-36)32-31-12-13-4-7-15(8-5-13)37-23(28,29)30/h1-12,32-33,35H. The number of hydrogen-bond donors (Lipinski definition) is 3. The SMILES string of the molecule is Fc1cccc(Cl)c1C1=NN(Nc2ccc(Cl)c(Cl)c2)NC(NN=Cc2ccc(OC(F)(F)F)cc2)=C1. The molecule has 4 rings (SSSR count). The summed E-state index contributed by atoms with van der Waals surface area (Å²) in [5.41, 5.74) is 9.75. The van der Waals surface area contributed by atoms with E-state index in [4.69, 9.17) is 34.8 Å². The van der Waals surface area contributed by atoms with Gasteiger partial charge in [-0.05, 0) is 60.2 Å². The van der Waals surface area contributed by atoms with Crippen LogP contribution in [0, 0.1) is 5.82 Å². The quantitative estimate of drug-likeness (QED) is 0.167. The lowest BCUT2D eigenvalue weighted by atomic mass is 10.1. The molecule has 1 heterocycles. The number of nitrogens with zero attached hydrogens (tertiary/aromatic N) is 3. The fraction of sp³-hybridized carbons (Fsp3) is 0.0435. The van der Waals surface area contributed by atoms with Crippen molar-refractivity contribution in [2.45, 2.75) is 6.36 Å². The summed E-state index contributed by atoms with van der Waals surface area (Å²) in [6, 6.07) is 14.1. The Morgan fingerprint density at radius 1 is 0.973 bits per heavy atom. The third kappa shape index (κ3) is 7.19. The molecule has 192 valence electrons. The molecule has 0 aliphatic carbocycles. The van der Waals surface area contributed by atoms with Crippen molar-refractivity contribution in [3.63, 3.8) is 0 Å². The molecule has 0 aromatic heterocycles. The predicted molar refractivity (Wildman–Crippen MR) is 135 cm³/mol. The largest absolute Gasteiger partial charge is 0.573 e. The highest BCUT2D eigenvalue weighted by Gasteiger charge is 2.30. The molecule has 0 fully saturated rings. The van der Waals surface area contributed by atoms with Gasteiger partial charge in [-0.3, -0.25) is 10.9 Å². The average Bonchev–Trinajstić information content (AvgIpc) is 2.81. The molecule has 3 aromatic carbocycles. The van der Waals surface area contributed by atoms with Crippen molar-refractivity contribution in [1.29, 1.82) is 0 Å². The molecule has 0 radical (unpaired) electrons. The number of nitrogens with one attached hydrogen (secondary N) is 3. The van der Waals surface area contributed by atoms with Crippen LogP contribution in [0.25, 0.3) is 0 Å². The molecule has 0 atom stereocenters. The van der Waals surface area contributed by atoms with Gasteiger partial charge in [-0.25, -0.2) is 9.82 Å². The molecule has 7 nitrogen and oxygen atoms in total. The molecule has 3 aromatic rings. The highest BCUT2D eigenvalue weighted by atomic mass is 35.5. The van der Waals surface area contributed by atoms with E-state index in [-0.39, 0.29) is 27.9 Å². The first-order chi connectivity index (χ1) is 17.6. The minimum Gasteiger partial charge on any atom is -0.406 e. The van der Waals surface area contributed by atoms with Gasteiger partial charge in [0.2, 0.25) is 0 Å². The minimum atomic E-state index is -4.78. The van der Waals surface area contributed by atoms with Gasteiger partial charge in [0.25, 0.3) is 0 Å². The third-order valence-corrected chi connectivity index (χ3v) is 5.65. The van der Waals surface area contributed by atoms with Gasteiger partial charge in [0.15, 0.2) is 0 Å². The summed E-state index contributed by atoms with van der Waals surface area (Å²) in [7, 11) is 0. The number of hydrazone groups is 2. The van der Waals surface area contributed by atoms with E-state index in [9.17, 15) is 17.6 Å². The molecular formula is C23H15Cl3F4N6O. The van der Waals surface area contributed by atoms with E-state index in [1.165, 1.54) is 47.8 Å². The number of rotatable bonds is 7. The number of hydrazine groups is 2. The van der Waals surface area contributed by atoms with Crippen LogP contribution >= 0.6 is 34.8 Å². The van der Waals surface area contributed by atoms with Gasteiger partial charge in [0.05, 0.1) is 32.5 Å². The van der Waals surface area contributed by atoms with E-state index < -0.39 is 12.2 Å². The normalized spacial score (nSPS) is 13.6. The maximum atomic E-state index is 14.6. The molecule has 3 N–H and O–H groups in total. The topological polar surface area (TPSA) is 73.3 Å². The average molecular weight is 574 g/mol. The van der Waals surface area contributed by atoms with Crippen LogP contribution in [0.5, 0.6) is 5.75 Å². The Morgan fingerprint density at radius 2 is 1.73 bits per heavy atom. The third-order valence-electron chi connectivity index (χ3n) is 4.60. The molecule has 14 heteroatoms. The van der Waals surface area contributed by atoms with Crippen molar-refractivity contribution in [2.75, 3.05) is 5.43 Å². The van der Waals surface area contributed by atoms with Crippen LogP contribution < -0.4 is 21.0 Å². The monoisotopic (exact) mass is 572 g/mol. The summed E-state index contributed by atoms with van der Waals surface area (Å²) in [5.74, 6) is -0.700. The number of allylic oxidation sites excluding steroid dienone is 1. The second-order valence-electron chi connectivity index (χ2n) is 7.29. The molecule has 0 unspecified atom stereocenters. The highest BCUT2D eigenvalue weighted by molar-refractivity contribution is 6.42. The zero-order valence-corrected chi connectivity index (χ0v) is 20.6. The highest BCUT2D eigenvalue weighted by Crippen LogP contribution is 2.26. The van der Waals surface area contributed by atoms with E-state index >= 15 is 0 Å². The number of hydrogen-bond acceptors (Lipinski definition) is 7. The molecule has 0 bridgehead atoms. The second kappa shape index (κ2) is 11.2. The van der Waals surface area contributed by atoms with E-state index in [0.29, 0.717) is 21.3 Å². The summed E-state index contributed by atoms with van der Waals surface area (Å²) in [6.07, 6.45) is -1.96. The van der Waals surface area contributed by atoms with Crippen molar-refractivity contribution in [2.24, 2.45) is 10.2 Å². The lowest BCUT2D eigenvalue weighted by Crippen LogP contribution is -2.44. The van der Waals surface area contributed by atoms with Crippen LogP contribution in [-0.4, -0.2) is 23.5 Å². The van der Waals surface area contributed by atoms with Crippen molar-refractivity contribution >= 4 is 52.4 Å². The van der Waals surface area contributed by atoms with Gasteiger partial charge in [-0.2, -0.15) is 5.10 Å². The summed E-state index contributed by atoms with van der Waals surface area (Å²) < 4.78 is 55.4. The molecule has 0 spiro atoms. The fourth-order valence-corrected chi connectivity index (χ4v) is 3.60. The van der Waals surface area contributed by atoms with Crippen molar-refractivity contribution in [3.8, 4) is 5.75 Å². The Kier molecular flexibility index (Phi) is 7.96. The van der Waals surface area contributed by atoms with Gasteiger partial charge < -0.3 is 4.74 Å². The molecule has 0 saturated carbocycles. The van der Waals surface area contributed by atoms with Crippen LogP contribution in [0.2, 0.25) is 15.1 Å². The first-order valence-corrected chi connectivity index (χ1v) is 11.4. The van der Waals surface area contributed by atoms with Gasteiger partial charge >= 0.3 is 6.36 Å². The Labute approximate surface area is 222 Å². The number of anilines is 1. The van der Waals surface area contributed by atoms with Gasteiger partial charge in [0.1, 0.15) is 23.1 Å². The summed E-state index contributed by atoms with van der Waals surface area (Å²) in [4.78, 5) is 0. The van der Waals surface area contributed by atoms with E-state index in [1.807, 2.05) is 0 Å². The Morgan fingerprint density at radius 3 is 2.41 bits per heavy atom. The van der Waals surface area contributed by atoms with Gasteiger partial charge in [-0.15, -0.1) is 23.5 Å². The lowest BCUT2D eigenvalue weighted by Gasteiger charge is -2.28. The zero-order valence-electron chi connectivity index (χ0n) is 18.3.